The van der Waals surface area contributed by atoms with Crippen LogP contribution in [0.25, 0.3) is 0 Å². The fraction of sp³-hybridized carbons (Fsp3) is 0.409. The molecule has 2 aromatic rings. The molecule has 1 saturated heterocycles. The van der Waals surface area contributed by atoms with Crippen LogP contribution in [-0.4, -0.2) is 55.0 Å². The smallest absolute Gasteiger partial charge is 0.234 e. The van der Waals surface area contributed by atoms with Gasteiger partial charge in [-0.05, 0) is 24.1 Å². The van der Waals surface area contributed by atoms with E-state index in [-0.39, 0.29) is 11.9 Å². The van der Waals surface area contributed by atoms with Gasteiger partial charge >= 0.3 is 0 Å². The third-order valence-corrected chi connectivity index (χ3v) is 5.10. The minimum atomic E-state index is 0.00281. The molecule has 1 atom stereocenters. The van der Waals surface area contributed by atoms with Crippen molar-refractivity contribution in [3.63, 3.8) is 0 Å². The molecule has 0 spiro atoms. The lowest BCUT2D eigenvalue weighted by Crippen LogP contribution is -2.49. The first kappa shape index (κ1) is 18.6. The van der Waals surface area contributed by atoms with Gasteiger partial charge in [-0.25, -0.2) is 0 Å². The molecule has 1 aliphatic heterocycles. The van der Waals surface area contributed by atoms with Crippen LogP contribution < -0.4 is 5.32 Å². The fourth-order valence-electron chi connectivity index (χ4n) is 3.49. The summed E-state index contributed by atoms with van der Waals surface area (Å²) in [5.74, 6) is 0.111. The van der Waals surface area contributed by atoms with Gasteiger partial charge in [-0.1, -0.05) is 67.6 Å². The first-order chi connectivity index (χ1) is 12.7. The van der Waals surface area contributed by atoms with Crippen molar-refractivity contribution in [1.82, 2.24) is 15.1 Å². The highest BCUT2D eigenvalue weighted by molar-refractivity contribution is 5.78. The van der Waals surface area contributed by atoms with Crippen LogP contribution >= 0.6 is 0 Å². The van der Waals surface area contributed by atoms with Gasteiger partial charge in [0.05, 0.1) is 12.6 Å². The van der Waals surface area contributed by atoms with Crippen molar-refractivity contribution in [2.45, 2.75) is 19.4 Å². The van der Waals surface area contributed by atoms with E-state index in [1.807, 2.05) is 36.4 Å². The lowest BCUT2D eigenvalue weighted by atomic mass is 9.99. The third kappa shape index (κ3) is 5.41. The zero-order valence-electron chi connectivity index (χ0n) is 15.6. The minimum Gasteiger partial charge on any atom is -0.348 e. The van der Waals surface area contributed by atoms with E-state index in [0.29, 0.717) is 6.54 Å². The number of carbonyl (C=O) groups is 1. The van der Waals surface area contributed by atoms with Crippen molar-refractivity contribution in [3.8, 4) is 0 Å². The van der Waals surface area contributed by atoms with Gasteiger partial charge in [-0.3, -0.25) is 9.69 Å². The highest BCUT2D eigenvalue weighted by atomic mass is 16.2. The van der Waals surface area contributed by atoms with Crippen molar-refractivity contribution < 1.29 is 4.79 Å². The largest absolute Gasteiger partial charge is 0.348 e. The Labute approximate surface area is 156 Å². The molecule has 1 amide bonds. The van der Waals surface area contributed by atoms with Gasteiger partial charge in [0.1, 0.15) is 0 Å². The number of hydrogen-bond acceptors (Lipinski definition) is 3. The second-order valence-electron chi connectivity index (χ2n) is 6.93. The van der Waals surface area contributed by atoms with Crippen molar-refractivity contribution >= 4 is 5.91 Å². The maximum absolute atomic E-state index is 12.7. The van der Waals surface area contributed by atoms with E-state index in [1.165, 1.54) is 5.56 Å². The molecule has 3 rings (SSSR count). The van der Waals surface area contributed by atoms with Gasteiger partial charge < -0.3 is 10.2 Å². The van der Waals surface area contributed by atoms with E-state index < -0.39 is 0 Å². The van der Waals surface area contributed by atoms with E-state index in [4.69, 9.17) is 0 Å². The molecule has 1 unspecified atom stereocenters. The average molecular weight is 351 g/mol. The number of likely N-dealkylation sites (N-methyl/N-ethyl adjacent to an activating group) is 1. The monoisotopic (exact) mass is 351 g/mol. The number of benzene rings is 2. The molecule has 2 aromatic carbocycles. The van der Waals surface area contributed by atoms with E-state index in [0.717, 1.165) is 44.7 Å². The topological polar surface area (TPSA) is 35.6 Å². The normalized spacial score (nSPS) is 17.0. The predicted molar refractivity (Wildman–Crippen MR) is 106 cm³/mol. The molecular weight excluding hydrogens is 322 g/mol. The summed E-state index contributed by atoms with van der Waals surface area (Å²) in [6.45, 7) is 7.80. The lowest BCUT2D eigenvalue weighted by molar-refractivity contribution is -0.123. The number of amides is 1. The van der Waals surface area contributed by atoms with Gasteiger partial charge in [0, 0.05) is 26.2 Å². The Morgan fingerprint density at radius 3 is 2.12 bits per heavy atom. The lowest BCUT2D eigenvalue weighted by Gasteiger charge is -2.33. The Kier molecular flexibility index (Phi) is 6.81. The summed E-state index contributed by atoms with van der Waals surface area (Å²) < 4.78 is 0. The predicted octanol–water partition coefficient (Wildman–Crippen LogP) is 2.72. The Hall–Kier alpha value is -2.17. The molecule has 0 saturated carbocycles. The van der Waals surface area contributed by atoms with Crippen LogP contribution in [0.15, 0.2) is 60.7 Å². The van der Waals surface area contributed by atoms with Gasteiger partial charge in [0.15, 0.2) is 0 Å². The third-order valence-electron chi connectivity index (χ3n) is 5.10. The molecule has 1 heterocycles. The Bertz CT molecular complexity index is 666. The molecule has 0 bridgehead atoms. The van der Waals surface area contributed by atoms with Crippen LogP contribution in [-0.2, 0) is 11.2 Å². The molecule has 26 heavy (non-hydrogen) atoms. The molecule has 4 nitrogen and oxygen atoms in total. The van der Waals surface area contributed by atoms with Gasteiger partial charge in [0.2, 0.25) is 5.91 Å². The zero-order valence-corrected chi connectivity index (χ0v) is 15.6. The number of piperazine rings is 1. The summed E-state index contributed by atoms with van der Waals surface area (Å²) in [6.07, 6.45) is 0.806. The quantitative estimate of drug-likeness (QED) is 0.833. The van der Waals surface area contributed by atoms with Gasteiger partial charge in [0.25, 0.3) is 0 Å². The number of nitrogens with zero attached hydrogens (tertiary/aromatic N) is 2. The number of nitrogens with one attached hydrogen (secondary N) is 1. The average Bonchev–Trinajstić information content (AvgIpc) is 2.69. The Morgan fingerprint density at radius 2 is 1.50 bits per heavy atom. The summed E-state index contributed by atoms with van der Waals surface area (Å²) >= 11 is 0. The van der Waals surface area contributed by atoms with Crippen molar-refractivity contribution in [2.24, 2.45) is 0 Å². The molecule has 0 radical (unpaired) electrons. The Balaban J connectivity index is 1.61. The molecular formula is C22H29N3O. The van der Waals surface area contributed by atoms with Crippen LogP contribution in [0.5, 0.6) is 0 Å². The van der Waals surface area contributed by atoms with Crippen LogP contribution in [0, 0.1) is 0 Å². The first-order valence-corrected chi connectivity index (χ1v) is 9.57. The number of carbonyl (C=O) groups excluding carboxylic acids is 1. The summed E-state index contributed by atoms with van der Waals surface area (Å²) in [6, 6.07) is 20.6. The van der Waals surface area contributed by atoms with Gasteiger partial charge in [-0.15, -0.1) is 0 Å². The van der Waals surface area contributed by atoms with E-state index in [2.05, 4.69) is 46.3 Å². The standard InChI is InChI=1S/C22H29N3O/c1-2-24-13-15-25(16-14-24)18-22(26)23-21(20-11-7-4-8-12-20)17-19-9-5-3-6-10-19/h3-12,21H,2,13-18H2,1H3,(H,23,26). The van der Waals surface area contributed by atoms with Crippen molar-refractivity contribution in [2.75, 3.05) is 39.3 Å². The van der Waals surface area contributed by atoms with Crippen LogP contribution in [0.3, 0.4) is 0 Å². The van der Waals surface area contributed by atoms with Crippen LogP contribution in [0.1, 0.15) is 24.1 Å². The number of hydrogen-bond donors (Lipinski definition) is 1. The summed E-state index contributed by atoms with van der Waals surface area (Å²) in [4.78, 5) is 17.4. The molecule has 0 aromatic heterocycles. The van der Waals surface area contributed by atoms with E-state index in [9.17, 15) is 4.79 Å². The van der Waals surface area contributed by atoms with Crippen molar-refractivity contribution in [1.29, 1.82) is 0 Å². The van der Waals surface area contributed by atoms with Crippen molar-refractivity contribution in [3.05, 3.63) is 71.8 Å². The van der Waals surface area contributed by atoms with E-state index >= 15 is 0 Å². The minimum absolute atomic E-state index is 0.00281. The highest BCUT2D eigenvalue weighted by Crippen LogP contribution is 2.18. The fourth-order valence-corrected chi connectivity index (χ4v) is 3.49. The first-order valence-electron chi connectivity index (χ1n) is 9.57. The SMILES string of the molecule is CCN1CCN(CC(=O)NC(Cc2ccccc2)c2ccccc2)CC1. The maximum Gasteiger partial charge on any atom is 0.234 e. The zero-order chi connectivity index (χ0) is 18.2. The molecule has 0 aliphatic carbocycles. The molecule has 1 aliphatic rings. The second-order valence-corrected chi connectivity index (χ2v) is 6.93. The summed E-state index contributed by atoms with van der Waals surface area (Å²) in [7, 11) is 0. The maximum atomic E-state index is 12.7. The van der Waals surface area contributed by atoms with Gasteiger partial charge in [-0.2, -0.15) is 0 Å². The molecule has 1 N–H and O–H groups in total. The molecule has 1 fully saturated rings. The molecule has 4 heteroatoms. The van der Waals surface area contributed by atoms with E-state index in [1.54, 1.807) is 0 Å². The molecule has 138 valence electrons. The Morgan fingerprint density at radius 1 is 0.923 bits per heavy atom. The summed E-state index contributed by atoms with van der Waals surface area (Å²) in [5, 5.41) is 3.26. The number of rotatable bonds is 7. The van der Waals surface area contributed by atoms with Crippen LogP contribution in [0.4, 0.5) is 0 Å². The highest BCUT2D eigenvalue weighted by Gasteiger charge is 2.20. The van der Waals surface area contributed by atoms with Crippen LogP contribution in [0.2, 0.25) is 0 Å². The second kappa shape index (κ2) is 9.51. The summed E-state index contributed by atoms with van der Waals surface area (Å²) in [5.41, 5.74) is 2.39.